The van der Waals surface area contributed by atoms with E-state index in [0.717, 1.165) is 12.7 Å². The fraction of sp³-hybridized carbons (Fsp3) is 0.500. The van der Waals surface area contributed by atoms with Gasteiger partial charge in [-0.2, -0.15) is 0 Å². The Bertz CT molecular complexity index is 643. The number of nitrogens with one attached hydrogen (secondary N) is 1. The Labute approximate surface area is 135 Å². The molecular weight excluding hydrogens is 330 g/mol. The van der Waals surface area contributed by atoms with Crippen molar-refractivity contribution in [2.24, 2.45) is 5.92 Å². The molecule has 1 aromatic rings. The van der Waals surface area contributed by atoms with Crippen LogP contribution in [0, 0.1) is 5.92 Å². The Balaban J connectivity index is 3.02. The van der Waals surface area contributed by atoms with Crippen molar-refractivity contribution in [1.29, 1.82) is 0 Å². The smallest absolute Gasteiger partial charge is 0.264 e. The molecule has 0 aromatic heterocycles. The van der Waals surface area contributed by atoms with Crippen LogP contribution in [0.2, 0.25) is 5.02 Å². The average Bonchev–Trinajstić information content (AvgIpc) is 2.37. The fourth-order valence-electron chi connectivity index (χ4n) is 1.62. The quantitative estimate of drug-likeness (QED) is 0.817. The van der Waals surface area contributed by atoms with Crippen molar-refractivity contribution < 1.29 is 22.7 Å². The molecule has 0 saturated carbocycles. The zero-order chi connectivity index (χ0) is 16.9. The number of hydrogen-bond donors (Lipinski definition) is 1. The number of benzene rings is 1. The molecule has 0 fully saturated rings. The first-order valence-electron chi connectivity index (χ1n) is 6.66. The number of hydrogen-bond acceptors (Lipinski definition) is 5. The van der Waals surface area contributed by atoms with Gasteiger partial charge in [-0.1, -0.05) is 25.4 Å². The molecule has 0 aliphatic carbocycles. The predicted molar refractivity (Wildman–Crippen MR) is 85.3 cm³/mol. The van der Waals surface area contributed by atoms with Crippen molar-refractivity contribution in [3.63, 3.8) is 0 Å². The summed E-state index contributed by atoms with van der Waals surface area (Å²) < 4.78 is 34.8. The molecule has 6 nitrogen and oxygen atoms in total. The number of ether oxygens (including phenoxy) is 2. The van der Waals surface area contributed by atoms with Gasteiger partial charge in [0.05, 0.1) is 25.0 Å². The van der Waals surface area contributed by atoms with E-state index in [1.807, 2.05) is 4.72 Å². The van der Waals surface area contributed by atoms with Crippen LogP contribution >= 0.6 is 11.6 Å². The predicted octanol–water partition coefficient (Wildman–Crippen LogP) is 2.46. The van der Waals surface area contributed by atoms with Gasteiger partial charge in [-0.25, -0.2) is 13.1 Å². The fourth-order valence-corrected chi connectivity index (χ4v) is 2.33. The second kappa shape index (κ2) is 7.69. The van der Waals surface area contributed by atoms with Crippen LogP contribution in [0.15, 0.2) is 12.1 Å². The van der Waals surface area contributed by atoms with Crippen molar-refractivity contribution in [1.82, 2.24) is 4.72 Å². The zero-order valence-electron chi connectivity index (χ0n) is 13.0. The average molecular weight is 350 g/mol. The monoisotopic (exact) mass is 349 g/mol. The van der Waals surface area contributed by atoms with E-state index >= 15 is 0 Å². The summed E-state index contributed by atoms with van der Waals surface area (Å²) in [4.78, 5) is 11.9. The summed E-state index contributed by atoms with van der Waals surface area (Å²) >= 11 is 6.11. The number of methoxy groups -OCH3 is 1. The van der Waals surface area contributed by atoms with Gasteiger partial charge in [0.25, 0.3) is 5.91 Å². The van der Waals surface area contributed by atoms with Crippen LogP contribution in [-0.4, -0.2) is 34.3 Å². The van der Waals surface area contributed by atoms with Crippen LogP contribution in [0.3, 0.4) is 0 Å². The van der Waals surface area contributed by atoms with E-state index in [4.69, 9.17) is 21.1 Å². The number of halogens is 1. The zero-order valence-corrected chi connectivity index (χ0v) is 14.5. The van der Waals surface area contributed by atoms with Crippen molar-refractivity contribution in [2.45, 2.75) is 20.3 Å². The minimum atomic E-state index is -3.65. The highest BCUT2D eigenvalue weighted by atomic mass is 35.5. The lowest BCUT2D eigenvalue weighted by atomic mass is 10.1. The van der Waals surface area contributed by atoms with Gasteiger partial charge in [-0.05, 0) is 24.5 Å². The van der Waals surface area contributed by atoms with Gasteiger partial charge in [-0.15, -0.1) is 0 Å². The third-order valence-corrected chi connectivity index (χ3v) is 3.55. The first-order chi connectivity index (χ1) is 10.1. The first kappa shape index (κ1) is 18.6. The number of carbonyl (C=O) groups excluding carboxylic acids is 1. The van der Waals surface area contributed by atoms with Gasteiger partial charge >= 0.3 is 0 Å². The van der Waals surface area contributed by atoms with Crippen molar-refractivity contribution in [3.05, 3.63) is 22.7 Å². The maximum Gasteiger partial charge on any atom is 0.264 e. The molecule has 0 unspecified atom stereocenters. The molecule has 124 valence electrons. The number of rotatable bonds is 7. The van der Waals surface area contributed by atoms with Crippen LogP contribution in [0.25, 0.3) is 0 Å². The van der Waals surface area contributed by atoms with E-state index < -0.39 is 15.9 Å². The summed E-state index contributed by atoms with van der Waals surface area (Å²) in [7, 11) is -2.24. The molecule has 1 rings (SSSR count). The molecule has 0 bridgehead atoms. The lowest BCUT2D eigenvalue weighted by Crippen LogP contribution is -2.29. The molecule has 1 amide bonds. The maximum absolute atomic E-state index is 11.9. The largest absolute Gasteiger partial charge is 0.493 e. The Morgan fingerprint density at radius 1 is 1.36 bits per heavy atom. The summed E-state index contributed by atoms with van der Waals surface area (Å²) in [5.41, 5.74) is 0.0727. The minimum Gasteiger partial charge on any atom is -0.493 e. The number of amides is 1. The Morgan fingerprint density at radius 3 is 2.50 bits per heavy atom. The molecule has 0 aliphatic rings. The molecule has 0 spiro atoms. The Kier molecular flexibility index (Phi) is 6.49. The first-order valence-corrected chi connectivity index (χ1v) is 8.93. The van der Waals surface area contributed by atoms with Crippen LogP contribution < -0.4 is 14.2 Å². The molecule has 0 aliphatic heterocycles. The van der Waals surface area contributed by atoms with Crippen LogP contribution in [0.4, 0.5) is 0 Å². The van der Waals surface area contributed by atoms with E-state index in [1.165, 1.54) is 19.2 Å². The standard InChI is InChI=1S/C14H20ClNO5S/c1-9(2)5-6-21-13-11(15)7-10(8-12(13)20-3)14(17)16-22(4,18)19/h7-9H,5-6H2,1-4H3,(H,16,17). The van der Waals surface area contributed by atoms with Crippen molar-refractivity contribution in [3.8, 4) is 11.5 Å². The van der Waals surface area contributed by atoms with E-state index in [0.29, 0.717) is 18.3 Å². The number of sulfonamides is 1. The summed E-state index contributed by atoms with van der Waals surface area (Å²) in [5.74, 6) is 0.302. The normalized spacial score (nSPS) is 11.4. The van der Waals surface area contributed by atoms with Gasteiger partial charge in [0.1, 0.15) is 0 Å². The van der Waals surface area contributed by atoms with Gasteiger partial charge in [0, 0.05) is 5.56 Å². The molecular formula is C14H20ClNO5S. The second-order valence-corrected chi connectivity index (χ2v) is 7.38. The summed E-state index contributed by atoms with van der Waals surface area (Å²) in [6.45, 7) is 4.60. The summed E-state index contributed by atoms with van der Waals surface area (Å²) in [6, 6.07) is 2.73. The van der Waals surface area contributed by atoms with Gasteiger partial charge in [0.2, 0.25) is 10.0 Å². The molecule has 0 saturated heterocycles. The molecule has 0 atom stereocenters. The molecule has 0 radical (unpaired) electrons. The van der Waals surface area contributed by atoms with Gasteiger partial charge in [0.15, 0.2) is 11.5 Å². The van der Waals surface area contributed by atoms with Crippen LogP contribution in [-0.2, 0) is 10.0 Å². The minimum absolute atomic E-state index is 0.0727. The van der Waals surface area contributed by atoms with E-state index in [-0.39, 0.29) is 16.3 Å². The molecule has 22 heavy (non-hydrogen) atoms. The van der Waals surface area contributed by atoms with Gasteiger partial charge < -0.3 is 9.47 Å². The van der Waals surface area contributed by atoms with Crippen LogP contribution in [0.5, 0.6) is 11.5 Å². The second-order valence-electron chi connectivity index (χ2n) is 5.22. The Morgan fingerprint density at radius 2 is 2.00 bits per heavy atom. The summed E-state index contributed by atoms with van der Waals surface area (Å²) in [5, 5.41) is 0.182. The molecule has 0 heterocycles. The molecule has 8 heteroatoms. The van der Waals surface area contributed by atoms with Crippen LogP contribution in [0.1, 0.15) is 30.6 Å². The molecule has 1 N–H and O–H groups in total. The summed E-state index contributed by atoms with van der Waals surface area (Å²) in [6.07, 6.45) is 1.74. The van der Waals surface area contributed by atoms with Crippen molar-refractivity contribution >= 4 is 27.5 Å². The van der Waals surface area contributed by atoms with Crippen molar-refractivity contribution in [2.75, 3.05) is 20.0 Å². The highest BCUT2D eigenvalue weighted by Crippen LogP contribution is 2.36. The third-order valence-electron chi connectivity index (χ3n) is 2.71. The topological polar surface area (TPSA) is 81.7 Å². The third kappa shape index (κ3) is 5.73. The number of carbonyl (C=O) groups is 1. The highest BCUT2D eigenvalue weighted by Gasteiger charge is 2.18. The highest BCUT2D eigenvalue weighted by molar-refractivity contribution is 7.89. The lowest BCUT2D eigenvalue weighted by Gasteiger charge is -2.14. The maximum atomic E-state index is 11.9. The Hall–Kier alpha value is -1.47. The lowest BCUT2D eigenvalue weighted by molar-refractivity contribution is 0.0981. The van der Waals surface area contributed by atoms with E-state index in [2.05, 4.69) is 13.8 Å². The molecule has 1 aromatic carbocycles. The van der Waals surface area contributed by atoms with E-state index in [9.17, 15) is 13.2 Å². The van der Waals surface area contributed by atoms with Gasteiger partial charge in [-0.3, -0.25) is 4.79 Å². The van der Waals surface area contributed by atoms with E-state index in [1.54, 1.807) is 0 Å². The SMILES string of the molecule is COc1cc(C(=O)NS(C)(=O)=O)cc(Cl)c1OCCC(C)C.